The fraction of sp³-hybridized carbons (Fsp3) is 0.333. The molecule has 0 aliphatic carbocycles. The first-order valence-corrected chi connectivity index (χ1v) is 5.04. The highest BCUT2D eigenvalue weighted by Gasteiger charge is 2.15. The largest absolute Gasteiger partial charge is 0.508 e. The second kappa shape index (κ2) is 5.30. The van der Waals surface area contributed by atoms with Crippen molar-refractivity contribution >= 4 is 11.7 Å². The van der Waals surface area contributed by atoms with Crippen LogP contribution in [0.1, 0.15) is 19.4 Å². The molecule has 0 bridgehead atoms. The molecule has 0 spiro atoms. The minimum atomic E-state index is -0.498. The van der Waals surface area contributed by atoms with Crippen LogP contribution in [0.5, 0.6) is 5.75 Å². The van der Waals surface area contributed by atoms with E-state index in [9.17, 15) is 9.59 Å². The third-order valence-corrected chi connectivity index (χ3v) is 2.24. The number of ketones is 1. The summed E-state index contributed by atoms with van der Waals surface area (Å²) in [4.78, 5) is 22.2. The molecule has 0 saturated heterocycles. The summed E-state index contributed by atoms with van der Waals surface area (Å²) >= 11 is 0. The minimum absolute atomic E-state index is 0.0803. The lowest BCUT2D eigenvalue weighted by Crippen LogP contribution is -2.40. The maximum atomic E-state index is 11.3. The van der Waals surface area contributed by atoms with E-state index >= 15 is 0 Å². The number of carbonyl (C=O) groups excluding carboxylic acids is 2. The average molecular weight is 221 g/mol. The summed E-state index contributed by atoms with van der Waals surface area (Å²) in [5, 5.41) is 11.7. The van der Waals surface area contributed by atoms with Gasteiger partial charge >= 0.3 is 0 Å². The normalized spacial score (nSPS) is 11.9. The predicted octanol–water partition coefficient (Wildman–Crippen LogP) is 1.03. The third-order valence-electron chi connectivity index (χ3n) is 2.24. The Hall–Kier alpha value is -1.84. The van der Waals surface area contributed by atoms with Gasteiger partial charge in [-0.3, -0.25) is 9.59 Å². The van der Waals surface area contributed by atoms with Gasteiger partial charge in [-0.15, -0.1) is 0 Å². The van der Waals surface area contributed by atoms with Gasteiger partial charge in [-0.25, -0.2) is 0 Å². The molecule has 86 valence electrons. The van der Waals surface area contributed by atoms with E-state index in [4.69, 9.17) is 5.11 Å². The Bertz CT molecular complexity index is 384. The molecule has 1 rings (SSSR count). The lowest BCUT2D eigenvalue weighted by molar-refractivity contribution is -0.125. The van der Waals surface area contributed by atoms with E-state index < -0.39 is 6.04 Å². The van der Waals surface area contributed by atoms with Gasteiger partial charge in [0.15, 0.2) is 5.78 Å². The second-order valence-corrected chi connectivity index (χ2v) is 3.73. The third kappa shape index (κ3) is 3.73. The van der Waals surface area contributed by atoms with Gasteiger partial charge in [-0.2, -0.15) is 0 Å². The Labute approximate surface area is 94.3 Å². The SMILES string of the molecule is CC(=O)NC(Cc1ccc(O)cc1)C(C)=O. The second-order valence-electron chi connectivity index (χ2n) is 3.73. The van der Waals surface area contributed by atoms with E-state index in [2.05, 4.69) is 5.32 Å². The van der Waals surface area contributed by atoms with Crippen molar-refractivity contribution in [2.75, 3.05) is 0 Å². The highest BCUT2D eigenvalue weighted by atomic mass is 16.3. The standard InChI is InChI=1S/C12H15NO3/c1-8(14)12(13-9(2)15)7-10-3-5-11(16)6-4-10/h3-6,12,16H,7H2,1-2H3,(H,13,15). The number of hydrogen-bond donors (Lipinski definition) is 2. The number of phenols is 1. The summed E-state index contributed by atoms with van der Waals surface area (Å²) in [5.74, 6) is -0.120. The molecule has 1 atom stereocenters. The van der Waals surface area contributed by atoms with Gasteiger partial charge in [0.1, 0.15) is 5.75 Å². The minimum Gasteiger partial charge on any atom is -0.508 e. The molecule has 0 fully saturated rings. The van der Waals surface area contributed by atoms with Crippen molar-refractivity contribution in [3.8, 4) is 5.75 Å². The van der Waals surface area contributed by atoms with E-state index in [1.54, 1.807) is 24.3 Å². The van der Waals surface area contributed by atoms with Crippen molar-refractivity contribution in [2.24, 2.45) is 0 Å². The van der Waals surface area contributed by atoms with Gasteiger partial charge in [0.2, 0.25) is 5.91 Å². The van der Waals surface area contributed by atoms with E-state index in [0.717, 1.165) is 5.56 Å². The summed E-state index contributed by atoms with van der Waals surface area (Å²) in [6.07, 6.45) is 0.440. The van der Waals surface area contributed by atoms with Crippen LogP contribution in [-0.4, -0.2) is 22.8 Å². The van der Waals surface area contributed by atoms with Gasteiger partial charge in [0.25, 0.3) is 0 Å². The Morgan fingerprint density at radius 3 is 2.25 bits per heavy atom. The van der Waals surface area contributed by atoms with Crippen LogP contribution >= 0.6 is 0 Å². The van der Waals surface area contributed by atoms with Gasteiger partial charge in [-0.05, 0) is 31.0 Å². The topological polar surface area (TPSA) is 66.4 Å². The molecular formula is C12H15NO3. The zero-order valence-electron chi connectivity index (χ0n) is 9.36. The maximum Gasteiger partial charge on any atom is 0.217 e. The first-order valence-electron chi connectivity index (χ1n) is 5.04. The van der Waals surface area contributed by atoms with Crippen molar-refractivity contribution in [2.45, 2.75) is 26.3 Å². The lowest BCUT2D eigenvalue weighted by Gasteiger charge is -2.14. The molecule has 1 aromatic rings. The number of amides is 1. The predicted molar refractivity (Wildman–Crippen MR) is 60.1 cm³/mol. The van der Waals surface area contributed by atoms with Crippen LogP contribution in [0.25, 0.3) is 0 Å². The number of nitrogens with one attached hydrogen (secondary N) is 1. The van der Waals surface area contributed by atoms with Gasteiger partial charge < -0.3 is 10.4 Å². The van der Waals surface area contributed by atoms with Crippen LogP contribution in [0.4, 0.5) is 0 Å². The fourth-order valence-corrected chi connectivity index (χ4v) is 1.41. The average Bonchev–Trinajstić information content (AvgIpc) is 2.19. The van der Waals surface area contributed by atoms with Crippen molar-refractivity contribution in [1.82, 2.24) is 5.32 Å². The van der Waals surface area contributed by atoms with Gasteiger partial charge in [0.05, 0.1) is 6.04 Å². The molecule has 4 nitrogen and oxygen atoms in total. The van der Waals surface area contributed by atoms with Crippen LogP contribution < -0.4 is 5.32 Å². The number of rotatable bonds is 4. The molecule has 0 aromatic heterocycles. The van der Waals surface area contributed by atoms with Crippen LogP contribution in [-0.2, 0) is 16.0 Å². The number of phenolic OH excluding ortho intramolecular Hbond substituents is 1. The Balaban J connectivity index is 2.71. The Morgan fingerprint density at radius 1 is 1.25 bits per heavy atom. The molecule has 1 amide bonds. The smallest absolute Gasteiger partial charge is 0.217 e. The first kappa shape index (κ1) is 12.2. The molecule has 16 heavy (non-hydrogen) atoms. The van der Waals surface area contributed by atoms with E-state index in [0.29, 0.717) is 6.42 Å². The van der Waals surface area contributed by atoms with E-state index in [-0.39, 0.29) is 17.4 Å². The monoisotopic (exact) mass is 221 g/mol. The molecule has 4 heteroatoms. The summed E-state index contributed by atoms with van der Waals surface area (Å²) in [7, 11) is 0. The van der Waals surface area contributed by atoms with Crippen molar-refractivity contribution < 1.29 is 14.7 Å². The highest BCUT2D eigenvalue weighted by Crippen LogP contribution is 2.11. The highest BCUT2D eigenvalue weighted by molar-refractivity contribution is 5.86. The van der Waals surface area contributed by atoms with Crippen molar-refractivity contribution in [1.29, 1.82) is 0 Å². The van der Waals surface area contributed by atoms with Gasteiger partial charge in [-0.1, -0.05) is 12.1 Å². The molecule has 0 saturated carbocycles. The molecular weight excluding hydrogens is 206 g/mol. The van der Waals surface area contributed by atoms with Crippen molar-refractivity contribution in [3.63, 3.8) is 0 Å². The first-order chi connectivity index (χ1) is 7.49. The molecule has 0 aliphatic rings. The van der Waals surface area contributed by atoms with Crippen molar-refractivity contribution in [3.05, 3.63) is 29.8 Å². The number of aromatic hydroxyl groups is 1. The molecule has 0 heterocycles. The summed E-state index contributed by atoms with van der Waals surface area (Å²) in [6, 6.07) is 6.07. The lowest BCUT2D eigenvalue weighted by atomic mass is 10.0. The summed E-state index contributed by atoms with van der Waals surface area (Å²) in [5.41, 5.74) is 0.895. The van der Waals surface area contributed by atoms with Crippen LogP contribution in [0.15, 0.2) is 24.3 Å². The van der Waals surface area contributed by atoms with E-state index in [1.165, 1.54) is 13.8 Å². The fourth-order valence-electron chi connectivity index (χ4n) is 1.41. The number of benzene rings is 1. The van der Waals surface area contributed by atoms with Crippen LogP contribution in [0.3, 0.4) is 0 Å². The quantitative estimate of drug-likeness (QED) is 0.798. The Morgan fingerprint density at radius 2 is 1.81 bits per heavy atom. The number of Topliss-reactive ketones (excluding diaryl/α,β-unsaturated/α-hetero) is 1. The zero-order chi connectivity index (χ0) is 12.1. The molecule has 2 N–H and O–H groups in total. The number of carbonyl (C=O) groups is 2. The van der Waals surface area contributed by atoms with Crippen LogP contribution in [0, 0.1) is 0 Å². The Kier molecular flexibility index (Phi) is 4.05. The molecule has 0 radical (unpaired) electrons. The molecule has 1 unspecified atom stereocenters. The van der Waals surface area contributed by atoms with E-state index in [1.807, 2.05) is 0 Å². The maximum absolute atomic E-state index is 11.3. The van der Waals surface area contributed by atoms with Crippen LogP contribution in [0.2, 0.25) is 0 Å². The van der Waals surface area contributed by atoms with Gasteiger partial charge in [0, 0.05) is 6.92 Å². The molecule has 0 aliphatic heterocycles. The summed E-state index contributed by atoms with van der Waals surface area (Å²) in [6.45, 7) is 2.83. The molecule has 1 aromatic carbocycles. The zero-order valence-corrected chi connectivity index (χ0v) is 9.36. The summed E-state index contributed by atoms with van der Waals surface area (Å²) < 4.78 is 0. The number of hydrogen-bond acceptors (Lipinski definition) is 3.